The smallest absolute Gasteiger partial charge is 0.126 e. The maximum atomic E-state index is 5.14. The van der Waals surface area contributed by atoms with Gasteiger partial charge in [-0.25, -0.2) is 9.97 Å². The number of benzene rings is 1. The highest BCUT2D eigenvalue weighted by Gasteiger charge is 2.02. The lowest BCUT2D eigenvalue weighted by molar-refractivity contribution is 0.415. The Kier molecular flexibility index (Phi) is 7.68. The van der Waals surface area contributed by atoms with E-state index in [2.05, 4.69) is 9.97 Å². The van der Waals surface area contributed by atoms with Crippen LogP contribution >= 0.6 is 0 Å². The molecule has 0 atom stereocenters. The van der Waals surface area contributed by atoms with Crippen LogP contribution in [0.5, 0.6) is 5.75 Å². The minimum atomic E-state index is 0.795. The number of hydrogen-bond acceptors (Lipinski definition) is 3. The third-order valence-corrected chi connectivity index (χ3v) is 2.21. The largest absolute Gasteiger partial charge is 0.497 e. The molecule has 0 aliphatic carbocycles. The van der Waals surface area contributed by atoms with Gasteiger partial charge in [0.25, 0.3) is 0 Å². The van der Waals surface area contributed by atoms with Gasteiger partial charge in [-0.05, 0) is 26.0 Å². The predicted molar refractivity (Wildman–Crippen MR) is 78.3 cm³/mol. The van der Waals surface area contributed by atoms with Gasteiger partial charge in [0.1, 0.15) is 11.6 Å². The molecule has 0 unspecified atom stereocenters. The first-order valence-corrected chi connectivity index (χ1v) is 6.49. The fourth-order valence-electron chi connectivity index (χ4n) is 1.54. The van der Waals surface area contributed by atoms with Gasteiger partial charge >= 0.3 is 0 Å². The number of methoxy groups -OCH3 is 1. The molecule has 1 aromatic heterocycles. The van der Waals surface area contributed by atoms with Crippen molar-refractivity contribution < 1.29 is 4.74 Å². The molecular weight excluding hydrogens is 224 g/mol. The van der Waals surface area contributed by atoms with E-state index in [0.29, 0.717) is 0 Å². The van der Waals surface area contributed by atoms with E-state index in [1.165, 1.54) is 0 Å². The van der Waals surface area contributed by atoms with Crippen molar-refractivity contribution in [2.45, 2.75) is 41.5 Å². The maximum absolute atomic E-state index is 5.14. The van der Waals surface area contributed by atoms with Crippen molar-refractivity contribution in [3.8, 4) is 5.75 Å². The van der Waals surface area contributed by atoms with Crippen molar-refractivity contribution in [2.75, 3.05) is 7.11 Å². The molecule has 2 rings (SSSR count). The SMILES string of the molecule is CC.CC.COc1ccc2c(C)nc(C)nc2c1. The molecule has 0 saturated carbocycles. The molecule has 0 N–H and O–H groups in total. The normalized spacial score (nSPS) is 8.83. The molecule has 18 heavy (non-hydrogen) atoms. The molecular formula is C15H24N2O. The first-order valence-electron chi connectivity index (χ1n) is 6.49. The standard InChI is InChI=1S/C11H12N2O.2C2H6/c1-7-10-5-4-9(14-3)6-11(10)13-8(2)12-7;2*1-2/h4-6H,1-3H3;2*1-2H3. The Hall–Kier alpha value is -1.64. The Bertz CT molecular complexity index is 481. The number of hydrogen-bond donors (Lipinski definition) is 0. The molecule has 0 fully saturated rings. The van der Waals surface area contributed by atoms with Crippen LogP contribution in [0.2, 0.25) is 0 Å². The van der Waals surface area contributed by atoms with Gasteiger partial charge < -0.3 is 4.74 Å². The molecule has 3 heteroatoms. The molecule has 1 heterocycles. The molecule has 0 bridgehead atoms. The van der Waals surface area contributed by atoms with Gasteiger partial charge in [-0.15, -0.1) is 0 Å². The van der Waals surface area contributed by atoms with E-state index in [1.54, 1.807) is 7.11 Å². The first kappa shape index (κ1) is 16.4. The van der Waals surface area contributed by atoms with E-state index in [1.807, 2.05) is 59.7 Å². The average molecular weight is 248 g/mol. The summed E-state index contributed by atoms with van der Waals surface area (Å²) in [6.45, 7) is 11.9. The molecule has 0 aliphatic rings. The third kappa shape index (κ3) is 3.99. The summed E-state index contributed by atoms with van der Waals surface area (Å²) in [6, 6.07) is 5.84. The molecule has 2 aromatic rings. The minimum Gasteiger partial charge on any atom is -0.497 e. The van der Waals surface area contributed by atoms with Crippen LogP contribution in [0.4, 0.5) is 0 Å². The molecule has 1 aromatic carbocycles. The number of aromatic nitrogens is 2. The van der Waals surface area contributed by atoms with E-state index < -0.39 is 0 Å². The highest BCUT2D eigenvalue weighted by molar-refractivity contribution is 5.82. The van der Waals surface area contributed by atoms with E-state index in [4.69, 9.17) is 4.74 Å². The molecule has 0 spiro atoms. The second-order valence-electron chi connectivity index (χ2n) is 3.24. The fourth-order valence-corrected chi connectivity index (χ4v) is 1.54. The van der Waals surface area contributed by atoms with E-state index in [9.17, 15) is 0 Å². The number of rotatable bonds is 1. The zero-order valence-electron chi connectivity index (χ0n) is 12.5. The highest BCUT2D eigenvalue weighted by atomic mass is 16.5. The third-order valence-electron chi connectivity index (χ3n) is 2.21. The summed E-state index contributed by atoms with van der Waals surface area (Å²) in [5.41, 5.74) is 1.95. The number of fused-ring (bicyclic) bond motifs is 1. The number of aryl methyl sites for hydroxylation is 2. The van der Waals surface area contributed by atoms with E-state index in [0.717, 1.165) is 28.2 Å². The quantitative estimate of drug-likeness (QED) is 0.754. The average Bonchev–Trinajstić information content (AvgIpc) is 2.42. The second-order valence-corrected chi connectivity index (χ2v) is 3.24. The van der Waals surface area contributed by atoms with Crippen molar-refractivity contribution in [1.82, 2.24) is 9.97 Å². The Balaban J connectivity index is 0.000000659. The number of nitrogens with zero attached hydrogens (tertiary/aromatic N) is 2. The van der Waals surface area contributed by atoms with Gasteiger partial charge in [-0.1, -0.05) is 27.7 Å². The van der Waals surface area contributed by atoms with Crippen molar-refractivity contribution in [2.24, 2.45) is 0 Å². The minimum absolute atomic E-state index is 0.795. The zero-order valence-corrected chi connectivity index (χ0v) is 12.5. The topological polar surface area (TPSA) is 35.0 Å². The van der Waals surface area contributed by atoms with Crippen LogP contribution in [0.1, 0.15) is 39.2 Å². The van der Waals surface area contributed by atoms with Crippen molar-refractivity contribution >= 4 is 10.9 Å². The van der Waals surface area contributed by atoms with Gasteiger partial charge in [-0.2, -0.15) is 0 Å². The molecule has 0 amide bonds. The maximum Gasteiger partial charge on any atom is 0.126 e. The van der Waals surface area contributed by atoms with Gasteiger partial charge in [0, 0.05) is 17.1 Å². The summed E-state index contributed by atoms with van der Waals surface area (Å²) in [6.07, 6.45) is 0. The summed E-state index contributed by atoms with van der Waals surface area (Å²) in [5, 5.41) is 1.08. The predicted octanol–water partition coefficient (Wildman–Crippen LogP) is 4.31. The van der Waals surface area contributed by atoms with Crippen LogP contribution in [-0.4, -0.2) is 17.1 Å². The van der Waals surface area contributed by atoms with Gasteiger partial charge in [0.15, 0.2) is 0 Å². The monoisotopic (exact) mass is 248 g/mol. The van der Waals surface area contributed by atoms with Gasteiger partial charge in [0.05, 0.1) is 12.6 Å². The Labute approximate surface area is 110 Å². The van der Waals surface area contributed by atoms with Gasteiger partial charge in [-0.3, -0.25) is 0 Å². The molecule has 0 radical (unpaired) electrons. The van der Waals surface area contributed by atoms with Crippen molar-refractivity contribution in [3.63, 3.8) is 0 Å². The summed E-state index contributed by atoms with van der Waals surface area (Å²) >= 11 is 0. The summed E-state index contributed by atoms with van der Waals surface area (Å²) < 4.78 is 5.14. The van der Waals surface area contributed by atoms with E-state index in [-0.39, 0.29) is 0 Å². The zero-order chi connectivity index (χ0) is 14.1. The van der Waals surface area contributed by atoms with Crippen LogP contribution in [-0.2, 0) is 0 Å². The van der Waals surface area contributed by atoms with Crippen molar-refractivity contribution in [3.05, 3.63) is 29.7 Å². The molecule has 100 valence electrons. The van der Waals surface area contributed by atoms with Crippen LogP contribution < -0.4 is 4.74 Å². The van der Waals surface area contributed by atoms with Crippen LogP contribution in [0.25, 0.3) is 10.9 Å². The lowest BCUT2D eigenvalue weighted by atomic mass is 10.2. The Morgan fingerprint density at radius 3 is 2.11 bits per heavy atom. The summed E-state index contributed by atoms with van der Waals surface area (Å²) in [4.78, 5) is 8.66. The summed E-state index contributed by atoms with van der Waals surface area (Å²) in [5.74, 6) is 1.62. The fraction of sp³-hybridized carbons (Fsp3) is 0.467. The van der Waals surface area contributed by atoms with Crippen LogP contribution in [0, 0.1) is 13.8 Å². The highest BCUT2D eigenvalue weighted by Crippen LogP contribution is 2.20. The second kappa shape index (κ2) is 8.45. The molecule has 0 saturated heterocycles. The Morgan fingerprint density at radius 2 is 1.56 bits per heavy atom. The van der Waals surface area contributed by atoms with Gasteiger partial charge in [0.2, 0.25) is 0 Å². The first-order chi connectivity index (χ1) is 8.70. The lowest BCUT2D eigenvalue weighted by Gasteiger charge is -2.04. The molecule has 3 nitrogen and oxygen atoms in total. The molecule has 0 aliphatic heterocycles. The van der Waals surface area contributed by atoms with Crippen LogP contribution in [0.15, 0.2) is 18.2 Å². The van der Waals surface area contributed by atoms with E-state index >= 15 is 0 Å². The van der Waals surface area contributed by atoms with Crippen molar-refractivity contribution in [1.29, 1.82) is 0 Å². The summed E-state index contributed by atoms with van der Waals surface area (Å²) in [7, 11) is 1.65. The number of ether oxygens (including phenoxy) is 1. The van der Waals surface area contributed by atoms with Crippen LogP contribution in [0.3, 0.4) is 0 Å². The Morgan fingerprint density at radius 1 is 0.944 bits per heavy atom. The lowest BCUT2D eigenvalue weighted by Crippen LogP contribution is -1.93.